The van der Waals surface area contributed by atoms with Gasteiger partial charge in [-0.3, -0.25) is 9.69 Å². The van der Waals surface area contributed by atoms with Crippen molar-refractivity contribution in [2.45, 2.75) is 59.1 Å². The van der Waals surface area contributed by atoms with E-state index in [2.05, 4.69) is 46.8 Å². The number of carbonyl (C=O) groups excluding carboxylic acids is 2. The van der Waals surface area contributed by atoms with Crippen molar-refractivity contribution in [1.29, 1.82) is 5.26 Å². The molecule has 8 nitrogen and oxygen atoms in total. The van der Waals surface area contributed by atoms with Gasteiger partial charge in [0.25, 0.3) is 0 Å². The Kier molecular flexibility index (Phi) is 9.85. The standard InChI is InChI=1S/C27H37N5O3S/c1-20(16-24(33)29-11-10-28)8-9-21-6-5-7-22(17-21)23-19-36-25(30-23)18-31-12-14-32(15-13-31)26(34)35-27(2,3)4/h5-7,17,19-20H,8-9,11-16,18H2,1-4H3,(H,29,33). The van der Waals surface area contributed by atoms with Crippen LogP contribution in [0, 0.1) is 17.2 Å². The lowest BCUT2D eigenvalue weighted by atomic mass is 9.97. The number of hydrogen-bond acceptors (Lipinski definition) is 7. The van der Waals surface area contributed by atoms with Crippen molar-refractivity contribution in [2.75, 3.05) is 32.7 Å². The van der Waals surface area contributed by atoms with Gasteiger partial charge in [-0.2, -0.15) is 5.26 Å². The van der Waals surface area contributed by atoms with Gasteiger partial charge in [0.1, 0.15) is 17.2 Å². The van der Waals surface area contributed by atoms with Crippen molar-refractivity contribution in [3.05, 3.63) is 40.2 Å². The number of nitrogens with zero attached hydrogens (tertiary/aromatic N) is 4. The summed E-state index contributed by atoms with van der Waals surface area (Å²) in [6.45, 7) is 11.5. The van der Waals surface area contributed by atoms with Crippen molar-refractivity contribution < 1.29 is 14.3 Å². The molecule has 1 fully saturated rings. The maximum Gasteiger partial charge on any atom is 0.410 e. The molecule has 2 aromatic rings. The summed E-state index contributed by atoms with van der Waals surface area (Å²) in [4.78, 5) is 33.1. The lowest BCUT2D eigenvalue weighted by Gasteiger charge is -2.35. The van der Waals surface area contributed by atoms with Crippen LogP contribution in [0.2, 0.25) is 0 Å². The first-order valence-electron chi connectivity index (χ1n) is 12.5. The zero-order chi connectivity index (χ0) is 26.1. The first-order valence-corrected chi connectivity index (χ1v) is 13.4. The second-order valence-corrected chi connectivity index (χ2v) is 11.3. The molecule has 1 N–H and O–H groups in total. The topological polar surface area (TPSA) is 98.6 Å². The number of benzene rings is 1. The van der Waals surface area contributed by atoms with E-state index in [1.165, 1.54) is 5.56 Å². The number of ether oxygens (including phenoxy) is 1. The largest absolute Gasteiger partial charge is 0.444 e. The highest BCUT2D eigenvalue weighted by Crippen LogP contribution is 2.25. The highest BCUT2D eigenvalue weighted by atomic mass is 32.1. The van der Waals surface area contributed by atoms with E-state index < -0.39 is 5.60 Å². The number of hydrogen-bond donors (Lipinski definition) is 1. The number of aryl methyl sites for hydroxylation is 1. The zero-order valence-electron chi connectivity index (χ0n) is 21.7. The highest BCUT2D eigenvalue weighted by molar-refractivity contribution is 7.09. The van der Waals surface area contributed by atoms with Crippen molar-refractivity contribution in [3.63, 3.8) is 0 Å². The van der Waals surface area contributed by atoms with Crippen LogP contribution in [0.25, 0.3) is 11.3 Å². The summed E-state index contributed by atoms with van der Waals surface area (Å²) in [5.41, 5.74) is 2.83. The Morgan fingerprint density at radius 2 is 2.00 bits per heavy atom. The van der Waals surface area contributed by atoms with E-state index in [0.29, 0.717) is 19.5 Å². The van der Waals surface area contributed by atoms with Gasteiger partial charge in [0, 0.05) is 43.5 Å². The minimum Gasteiger partial charge on any atom is -0.444 e. The van der Waals surface area contributed by atoms with Gasteiger partial charge in [-0.1, -0.05) is 25.1 Å². The molecule has 36 heavy (non-hydrogen) atoms. The van der Waals surface area contributed by atoms with Gasteiger partial charge < -0.3 is 15.0 Å². The molecule has 1 atom stereocenters. The number of nitriles is 1. The Bertz CT molecular complexity index is 1060. The highest BCUT2D eigenvalue weighted by Gasteiger charge is 2.26. The van der Waals surface area contributed by atoms with Crippen LogP contribution in [0.15, 0.2) is 29.6 Å². The van der Waals surface area contributed by atoms with Crippen molar-refractivity contribution >= 4 is 23.3 Å². The summed E-state index contributed by atoms with van der Waals surface area (Å²) in [7, 11) is 0. The first kappa shape index (κ1) is 27.6. The molecule has 3 rings (SSSR count). The second kappa shape index (κ2) is 12.8. The zero-order valence-corrected chi connectivity index (χ0v) is 22.6. The normalized spacial score (nSPS) is 15.2. The molecular formula is C27H37N5O3S. The number of rotatable bonds is 9. The molecule has 194 valence electrons. The van der Waals surface area contributed by atoms with Crippen LogP contribution in [0.4, 0.5) is 4.79 Å². The fraction of sp³-hybridized carbons (Fsp3) is 0.556. The third-order valence-electron chi connectivity index (χ3n) is 5.98. The molecule has 0 bridgehead atoms. The predicted molar refractivity (Wildman–Crippen MR) is 141 cm³/mol. The molecule has 1 aliphatic rings. The fourth-order valence-electron chi connectivity index (χ4n) is 4.05. The van der Waals surface area contributed by atoms with E-state index in [0.717, 1.165) is 48.7 Å². The van der Waals surface area contributed by atoms with Gasteiger partial charge in [-0.15, -0.1) is 11.3 Å². The summed E-state index contributed by atoms with van der Waals surface area (Å²) in [5.74, 6) is 0.174. The summed E-state index contributed by atoms with van der Waals surface area (Å²) in [6, 6.07) is 10.4. The summed E-state index contributed by atoms with van der Waals surface area (Å²) < 4.78 is 5.48. The molecule has 1 saturated heterocycles. The van der Waals surface area contributed by atoms with Crippen LogP contribution in [0.3, 0.4) is 0 Å². The average molecular weight is 512 g/mol. The van der Waals surface area contributed by atoms with Gasteiger partial charge in [0.2, 0.25) is 5.91 Å². The molecule has 0 radical (unpaired) electrons. The maximum atomic E-state index is 12.3. The fourth-order valence-corrected chi connectivity index (χ4v) is 4.90. The SMILES string of the molecule is CC(CCc1cccc(-c2csc(CN3CCN(C(=O)OC(C)(C)C)CC3)n2)c1)CC(=O)NCC#N. The Morgan fingerprint density at radius 3 is 2.69 bits per heavy atom. The van der Waals surface area contributed by atoms with Gasteiger partial charge in [-0.25, -0.2) is 9.78 Å². The minimum absolute atomic E-state index is 0.0610. The summed E-state index contributed by atoms with van der Waals surface area (Å²) >= 11 is 1.67. The van der Waals surface area contributed by atoms with Crippen LogP contribution < -0.4 is 5.32 Å². The quantitative estimate of drug-likeness (QED) is 0.499. The van der Waals surface area contributed by atoms with E-state index in [-0.39, 0.29) is 24.5 Å². The molecule has 9 heteroatoms. The molecular weight excluding hydrogens is 474 g/mol. The second-order valence-electron chi connectivity index (χ2n) is 10.4. The maximum absolute atomic E-state index is 12.3. The van der Waals surface area contributed by atoms with E-state index in [9.17, 15) is 9.59 Å². The number of nitrogens with one attached hydrogen (secondary N) is 1. The first-order chi connectivity index (χ1) is 17.1. The number of aromatic nitrogens is 1. The number of amides is 2. The molecule has 1 unspecified atom stereocenters. The number of piperazine rings is 1. The van der Waals surface area contributed by atoms with Crippen molar-refractivity contribution in [2.24, 2.45) is 5.92 Å². The van der Waals surface area contributed by atoms with E-state index in [1.807, 2.05) is 26.8 Å². The molecule has 0 saturated carbocycles. The lowest BCUT2D eigenvalue weighted by molar-refractivity contribution is -0.121. The molecule has 1 aliphatic heterocycles. The van der Waals surface area contributed by atoms with Crippen LogP contribution in [0.5, 0.6) is 0 Å². The molecule has 0 aliphatic carbocycles. The van der Waals surface area contributed by atoms with E-state index in [1.54, 1.807) is 16.2 Å². The predicted octanol–water partition coefficient (Wildman–Crippen LogP) is 4.46. The van der Waals surface area contributed by atoms with Gasteiger partial charge in [0.15, 0.2) is 0 Å². The van der Waals surface area contributed by atoms with E-state index >= 15 is 0 Å². The molecule has 1 aromatic carbocycles. The summed E-state index contributed by atoms with van der Waals surface area (Å²) in [6.07, 6.45) is 1.98. The third kappa shape index (κ3) is 8.92. The van der Waals surface area contributed by atoms with Gasteiger partial charge in [0.05, 0.1) is 18.3 Å². The Hall–Kier alpha value is -2.96. The Labute approximate surface area is 218 Å². The monoisotopic (exact) mass is 511 g/mol. The van der Waals surface area contributed by atoms with Gasteiger partial charge in [-0.05, 0) is 51.2 Å². The van der Waals surface area contributed by atoms with Crippen LogP contribution >= 0.6 is 11.3 Å². The van der Waals surface area contributed by atoms with Crippen LogP contribution in [-0.2, 0) is 22.5 Å². The molecule has 1 aromatic heterocycles. The van der Waals surface area contributed by atoms with Gasteiger partial charge >= 0.3 is 6.09 Å². The Balaban J connectivity index is 1.48. The molecule has 2 amide bonds. The minimum atomic E-state index is -0.476. The van der Waals surface area contributed by atoms with Crippen LogP contribution in [-0.4, -0.2) is 65.1 Å². The Morgan fingerprint density at radius 1 is 1.25 bits per heavy atom. The lowest BCUT2D eigenvalue weighted by Crippen LogP contribution is -2.49. The molecule has 2 heterocycles. The number of thiazole rings is 1. The molecule has 0 spiro atoms. The van der Waals surface area contributed by atoms with E-state index in [4.69, 9.17) is 15.0 Å². The number of carbonyl (C=O) groups is 2. The van der Waals surface area contributed by atoms with Crippen molar-refractivity contribution in [1.82, 2.24) is 20.1 Å². The van der Waals surface area contributed by atoms with Crippen LogP contribution in [0.1, 0.15) is 51.1 Å². The smallest absolute Gasteiger partial charge is 0.410 e. The average Bonchev–Trinajstić information content (AvgIpc) is 3.29. The van der Waals surface area contributed by atoms with Crippen molar-refractivity contribution in [3.8, 4) is 17.3 Å². The summed E-state index contributed by atoms with van der Waals surface area (Å²) in [5, 5.41) is 14.4. The third-order valence-corrected chi connectivity index (χ3v) is 6.82.